The maximum atomic E-state index is 10.7. The summed E-state index contributed by atoms with van der Waals surface area (Å²) in [6.45, 7) is 3.44. The summed E-state index contributed by atoms with van der Waals surface area (Å²) in [6.07, 6.45) is 14.3. The molecule has 3 aliphatic carbocycles. The van der Waals surface area contributed by atoms with Crippen molar-refractivity contribution < 1.29 is 45.3 Å². The van der Waals surface area contributed by atoms with Gasteiger partial charge in [-0.15, -0.1) is 0 Å². The van der Waals surface area contributed by atoms with E-state index in [0.29, 0.717) is 0 Å². The topological polar surface area (TPSA) is 57.2 Å². The van der Waals surface area contributed by atoms with E-state index >= 15 is 0 Å². The molecule has 0 aliphatic heterocycles. The van der Waals surface area contributed by atoms with E-state index in [1.54, 1.807) is 0 Å². The largest absolute Gasteiger partial charge is 0.741 e. The van der Waals surface area contributed by atoms with Gasteiger partial charge < -0.3 is 4.55 Å². The van der Waals surface area contributed by atoms with Crippen LogP contribution < -0.4 is 0 Å². The Balaban J connectivity index is 0.000000183. The molecule has 3 nitrogen and oxygen atoms in total. The molecule has 0 saturated heterocycles. The van der Waals surface area contributed by atoms with Crippen molar-refractivity contribution in [3.8, 4) is 0 Å². The van der Waals surface area contributed by atoms with Crippen molar-refractivity contribution in [3.63, 3.8) is 0 Å². The Labute approximate surface area is 139 Å². The molecule has 0 amide bonds. The number of hydrogen-bond acceptors (Lipinski definition) is 3. The van der Waals surface area contributed by atoms with Gasteiger partial charge >= 0.3 is 42.3 Å². The van der Waals surface area contributed by atoms with E-state index in [1.807, 2.05) is 6.08 Å². The number of alkyl halides is 3. The summed E-state index contributed by atoms with van der Waals surface area (Å²) in [5, 5.41) is 0. The molecule has 2 bridgehead atoms. The fraction of sp³-hybridized carbons (Fsp3) is 0.571. The van der Waals surface area contributed by atoms with Crippen LogP contribution in [0.15, 0.2) is 37.0 Å². The van der Waals surface area contributed by atoms with Gasteiger partial charge in [0, 0.05) is 0 Å². The zero-order valence-corrected chi connectivity index (χ0v) is 14.0. The Morgan fingerprint density at radius 1 is 1.27 bits per heavy atom. The van der Waals surface area contributed by atoms with E-state index in [9.17, 15) is 13.2 Å². The van der Waals surface area contributed by atoms with Gasteiger partial charge in [0.25, 0.3) is 0 Å². The van der Waals surface area contributed by atoms with Crippen LogP contribution in [-0.4, -0.2) is 18.5 Å². The van der Waals surface area contributed by atoms with Crippen LogP contribution in [0.4, 0.5) is 13.2 Å². The first-order chi connectivity index (χ1) is 10.1. The van der Waals surface area contributed by atoms with Gasteiger partial charge in [-0.05, 0) is 36.5 Å². The minimum absolute atomic E-state index is 0.925. The van der Waals surface area contributed by atoms with Gasteiger partial charge in [0.15, 0.2) is 10.1 Å². The minimum Gasteiger partial charge on any atom is -0.741 e. The molecule has 0 N–H and O–H groups in total. The summed E-state index contributed by atoms with van der Waals surface area (Å²) in [7, 11) is -6.09. The second kappa shape index (κ2) is 7.91. The van der Waals surface area contributed by atoms with Gasteiger partial charge in [0.2, 0.25) is 0 Å². The van der Waals surface area contributed by atoms with Crippen molar-refractivity contribution in [2.45, 2.75) is 23.2 Å². The van der Waals surface area contributed by atoms with Crippen molar-refractivity contribution in [1.29, 1.82) is 0 Å². The predicted molar refractivity (Wildman–Crippen MR) is 72.2 cm³/mol. The van der Waals surface area contributed by atoms with Crippen molar-refractivity contribution in [1.82, 2.24) is 0 Å². The van der Waals surface area contributed by atoms with Gasteiger partial charge in [-0.2, -0.15) is 13.2 Å². The number of rotatable bonds is 1. The molecule has 3 aliphatic rings. The van der Waals surface area contributed by atoms with Crippen LogP contribution >= 0.6 is 0 Å². The number of hydrogen-bond donors (Lipinski definition) is 0. The molecule has 1 saturated carbocycles. The molecule has 8 heteroatoms. The molecule has 0 spiro atoms. The Bertz CT molecular complexity index is 540. The van der Waals surface area contributed by atoms with Gasteiger partial charge in [-0.25, -0.2) is 8.42 Å². The smallest absolute Gasteiger partial charge is 0.485 e. The summed E-state index contributed by atoms with van der Waals surface area (Å²) in [5.74, 6) is 3.82. The van der Waals surface area contributed by atoms with Crippen LogP contribution in [0.3, 0.4) is 0 Å². The van der Waals surface area contributed by atoms with Crippen LogP contribution in [0, 0.1) is 23.7 Å². The SMILES string of the molecule is C1=CC2C3C=CC(C3)C2C1.C=C[CH2][Pd+].O=S(=O)([O-])C(F)(F)F. The Morgan fingerprint density at radius 3 is 2.18 bits per heavy atom. The third-order valence-electron chi connectivity index (χ3n) is 3.83. The molecular formula is C14H17F3O3PdS. The zero-order valence-electron chi connectivity index (χ0n) is 11.6. The Kier molecular flexibility index (Phi) is 7.06. The normalized spacial score (nSPS) is 31.0. The van der Waals surface area contributed by atoms with Crippen LogP contribution in [0.25, 0.3) is 0 Å². The molecule has 4 unspecified atom stereocenters. The number of allylic oxidation sites excluding steroid dienone is 5. The van der Waals surface area contributed by atoms with Gasteiger partial charge in [-0.3, -0.25) is 0 Å². The van der Waals surface area contributed by atoms with Crippen molar-refractivity contribution in [2.75, 3.05) is 0 Å². The second-order valence-corrected chi connectivity index (χ2v) is 7.18. The van der Waals surface area contributed by atoms with Crippen LogP contribution in [0.5, 0.6) is 0 Å². The first-order valence-corrected chi connectivity index (χ1v) is 9.12. The fourth-order valence-corrected chi connectivity index (χ4v) is 2.97. The summed E-state index contributed by atoms with van der Waals surface area (Å²) < 4.78 is 58.9. The molecule has 22 heavy (non-hydrogen) atoms. The maximum absolute atomic E-state index is 10.7. The molecule has 3 rings (SSSR count). The average molecular weight is 429 g/mol. The predicted octanol–water partition coefficient (Wildman–Crippen LogP) is 3.57. The van der Waals surface area contributed by atoms with E-state index in [4.69, 9.17) is 13.0 Å². The van der Waals surface area contributed by atoms with Crippen molar-refractivity contribution in [3.05, 3.63) is 37.0 Å². The van der Waals surface area contributed by atoms with Gasteiger partial charge in [0.1, 0.15) is 0 Å². The van der Waals surface area contributed by atoms with Crippen LogP contribution in [-0.2, 0) is 29.3 Å². The summed E-state index contributed by atoms with van der Waals surface area (Å²) in [4.78, 5) is 0.933. The zero-order chi connectivity index (χ0) is 17.0. The molecule has 4 atom stereocenters. The fourth-order valence-electron chi connectivity index (χ4n) is 2.97. The van der Waals surface area contributed by atoms with Gasteiger partial charge in [0.05, 0.1) is 0 Å². The monoisotopic (exact) mass is 428 g/mol. The minimum atomic E-state index is -6.09. The second-order valence-electron chi connectivity index (χ2n) is 5.17. The third kappa shape index (κ3) is 5.05. The Morgan fingerprint density at radius 2 is 1.77 bits per heavy atom. The summed E-state index contributed by atoms with van der Waals surface area (Å²) >= 11 is 2.92. The molecule has 0 aromatic rings. The number of halogens is 3. The quantitative estimate of drug-likeness (QED) is 0.278. The molecule has 0 heterocycles. The van der Waals surface area contributed by atoms with E-state index in [-0.39, 0.29) is 0 Å². The van der Waals surface area contributed by atoms with E-state index in [2.05, 4.69) is 50.1 Å². The van der Waals surface area contributed by atoms with Crippen LogP contribution in [0.1, 0.15) is 12.8 Å². The van der Waals surface area contributed by atoms with E-state index < -0.39 is 15.6 Å². The summed E-state index contributed by atoms with van der Waals surface area (Å²) in [5.41, 5.74) is -5.65. The van der Waals surface area contributed by atoms with E-state index in [0.717, 1.165) is 28.6 Å². The van der Waals surface area contributed by atoms with Crippen molar-refractivity contribution in [2.24, 2.45) is 23.7 Å². The standard InChI is InChI=1S/C10H12.C3H5.CHF3O3S.Pd/c1-2-9-7-4-5-8(6-7)10(9)3-1;1-3-2;2-1(3,4)8(5,6)7;/h1-2,4-5,7-10H,3,6H2;3H,1-2H2;(H,5,6,7);/q;;;+1/p-1. The maximum Gasteiger partial charge on any atom is 0.485 e. The van der Waals surface area contributed by atoms with Crippen LogP contribution in [0.2, 0.25) is 4.89 Å². The third-order valence-corrected chi connectivity index (χ3v) is 4.85. The Hall–Kier alpha value is -0.418. The molecule has 0 aromatic carbocycles. The molecule has 0 aromatic heterocycles. The van der Waals surface area contributed by atoms with E-state index in [1.165, 1.54) is 12.8 Å². The van der Waals surface area contributed by atoms with Crippen molar-refractivity contribution >= 4 is 10.1 Å². The summed E-state index contributed by atoms with van der Waals surface area (Å²) in [6, 6.07) is 0. The van der Waals surface area contributed by atoms with Gasteiger partial charge in [-0.1, -0.05) is 24.3 Å². The first-order valence-electron chi connectivity index (χ1n) is 6.61. The molecule has 1 fully saturated rings. The first kappa shape index (κ1) is 19.6. The molecule has 128 valence electrons. The number of fused-ring (bicyclic) bond motifs is 5. The average Bonchev–Trinajstić information content (AvgIpc) is 3.10. The molecule has 0 radical (unpaired) electrons. The molecular weight excluding hydrogens is 412 g/mol.